The second-order valence-electron chi connectivity index (χ2n) is 4.25. The Balaban J connectivity index is 2.50. The number of nitrogens with two attached hydrogens (primary N) is 1. The van der Waals surface area contributed by atoms with Gasteiger partial charge >= 0.3 is 0 Å². The molecule has 5 nitrogen and oxygen atoms in total. The molecule has 1 aromatic carbocycles. The number of hydrogen-bond acceptors (Lipinski definition) is 4. The van der Waals surface area contributed by atoms with Crippen LogP contribution in [0, 0.1) is 6.92 Å². The Bertz CT molecular complexity index is 407. The van der Waals surface area contributed by atoms with Crippen molar-refractivity contribution in [2.45, 2.75) is 19.6 Å². The van der Waals surface area contributed by atoms with Crippen molar-refractivity contribution in [1.82, 2.24) is 5.32 Å². The molecule has 1 rings (SSSR count). The number of carbonyl (C=O) groups excluding carboxylic acids is 1. The van der Waals surface area contributed by atoms with E-state index in [9.17, 15) is 9.90 Å². The van der Waals surface area contributed by atoms with Crippen LogP contribution in [-0.4, -0.2) is 37.4 Å². The SMILES string of the molecule is COCC(O)CNCc1ccc(C(N)=O)cc1C. The van der Waals surface area contributed by atoms with Gasteiger partial charge < -0.3 is 20.9 Å². The van der Waals surface area contributed by atoms with E-state index in [1.807, 2.05) is 13.0 Å². The molecular formula is C13H20N2O3. The van der Waals surface area contributed by atoms with Gasteiger partial charge in [-0.05, 0) is 30.2 Å². The number of carbonyl (C=O) groups is 1. The topological polar surface area (TPSA) is 84.6 Å². The van der Waals surface area contributed by atoms with Crippen molar-refractivity contribution in [2.24, 2.45) is 5.73 Å². The normalized spacial score (nSPS) is 12.4. The smallest absolute Gasteiger partial charge is 0.248 e. The van der Waals surface area contributed by atoms with Gasteiger partial charge in [-0.25, -0.2) is 0 Å². The summed E-state index contributed by atoms with van der Waals surface area (Å²) in [5.74, 6) is -0.423. The second kappa shape index (κ2) is 7.10. The second-order valence-corrected chi connectivity index (χ2v) is 4.25. The Labute approximate surface area is 107 Å². The van der Waals surface area contributed by atoms with Crippen molar-refractivity contribution in [3.8, 4) is 0 Å². The number of aliphatic hydroxyl groups is 1. The van der Waals surface area contributed by atoms with Gasteiger partial charge in [0.25, 0.3) is 0 Å². The van der Waals surface area contributed by atoms with Gasteiger partial charge in [0.15, 0.2) is 0 Å². The van der Waals surface area contributed by atoms with Crippen molar-refractivity contribution in [3.05, 3.63) is 34.9 Å². The summed E-state index contributed by atoms with van der Waals surface area (Å²) < 4.78 is 4.83. The third-order valence-corrected chi connectivity index (χ3v) is 2.68. The average molecular weight is 252 g/mol. The summed E-state index contributed by atoms with van der Waals surface area (Å²) in [6.07, 6.45) is -0.514. The van der Waals surface area contributed by atoms with Crippen LogP contribution in [0.2, 0.25) is 0 Å². The van der Waals surface area contributed by atoms with Crippen LogP contribution in [0.25, 0.3) is 0 Å². The lowest BCUT2D eigenvalue weighted by Crippen LogP contribution is -2.29. The van der Waals surface area contributed by atoms with Crippen molar-refractivity contribution >= 4 is 5.91 Å². The molecule has 4 N–H and O–H groups in total. The first-order valence-electron chi connectivity index (χ1n) is 5.81. The number of rotatable bonds is 7. The minimum absolute atomic E-state index is 0.312. The maximum absolute atomic E-state index is 11.0. The van der Waals surface area contributed by atoms with E-state index in [1.165, 1.54) is 0 Å². The summed E-state index contributed by atoms with van der Waals surface area (Å²) in [5.41, 5.74) is 7.79. The van der Waals surface area contributed by atoms with Gasteiger partial charge in [-0.15, -0.1) is 0 Å². The highest BCUT2D eigenvalue weighted by molar-refractivity contribution is 5.93. The fraction of sp³-hybridized carbons (Fsp3) is 0.462. The van der Waals surface area contributed by atoms with E-state index in [1.54, 1.807) is 19.2 Å². The molecule has 1 aromatic rings. The Hall–Kier alpha value is -1.43. The van der Waals surface area contributed by atoms with Gasteiger partial charge in [0.1, 0.15) is 0 Å². The number of amides is 1. The predicted octanol–water partition coefficient (Wildman–Crippen LogP) is 0.191. The van der Waals surface area contributed by atoms with E-state index >= 15 is 0 Å². The molecule has 0 spiro atoms. The van der Waals surface area contributed by atoms with E-state index < -0.39 is 12.0 Å². The summed E-state index contributed by atoms with van der Waals surface area (Å²) in [6, 6.07) is 5.34. The number of ether oxygens (including phenoxy) is 1. The van der Waals surface area contributed by atoms with Crippen LogP contribution >= 0.6 is 0 Å². The molecule has 5 heteroatoms. The van der Waals surface area contributed by atoms with E-state index in [0.717, 1.165) is 11.1 Å². The average Bonchev–Trinajstić information content (AvgIpc) is 2.31. The molecule has 0 aromatic heterocycles. The number of hydrogen-bond donors (Lipinski definition) is 3. The summed E-state index contributed by atoms with van der Waals surface area (Å²) in [4.78, 5) is 11.0. The highest BCUT2D eigenvalue weighted by atomic mass is 16.5. The highest BCUT2D eigenvalue weighted by Crippen LogP contribution is 2.10. The van der Waals surface area contributed by atoms with Crippen LogP contribution in [0.5, 0.6) is 0 Å². The molecule has 18 heavy (non-hydrogen) atoms. The van der Waals surface area contributed by atoms with E-state index in [2.05, 4.69) is 5.32 Å². The van der Waals surface area contributed by atoms with Crippen molar-refractivity contribution in [1.29, 1.82) is 0 Å². The standard InChI is InChI=1S/C13H20N2O3/c1-9-5-10(13(14)17)3-4-11(9)6-15-7-12(16)8-18-2/h3-5,12,15-16H,6-8H2,1-2H3,(H2,14,17). The first kappa shape index (κ1) is 14.6. The minimum atomic E-state index is -0.514. The summed E-state index contributed by atoms with van der Waals surface area (Å²) >= 11 is 0. The van der Waals surface area contributed by atoms with Crippen molar-refractivity contribution in [3.63, 3.8) is 0 Å². The summed E-state index contributed by atoms with van der Waals surface area (Å²) in [6.45, 7) is 3.33. The summed E-state index contributed by atoms with van der Waals surface area (Å²) in [5, 5.41) is 12.6. The van der Waals surface area contributed by atoms with Crippen LogP contribution in [0.4, 0.5) is 0 Å². The van der Waals surface area contributed by atoms with Crippen molar-refractivity contribution < 1.29 is 14.6 Å². The maximum Gasteiger partial charge on any atom is 0.248 e. The van der Waals surface area contributed by atoms with Crippen LogP contribution in [0.15, 0.2) is 18.2 Å². The van der Waals surface area contributed by atoms with Gasteiger partial charge in [-0.2, -0.15) is 0 Å². The maximum atomic E-state index is 11.0. The Morgan fingerprint density at radius 1 is 1.56 bits per heavy atom. The molecule has 0 fully saturated rings. The molecule has 0 aliphatic rings. The van der Waals surface area contributed by atoms with Crippen LogP contribution in [0.1, 0.15) is 21.5 Å². The molecule has 0 saturated heterocycles. The molecule has 0 bridgehead atoms. The van der Waals surface area contributed by atoms with E-state index in [4.69, 9.17) is 10.5 Å². The molecule has 1 unspecified atom stereocenters. The number of aliphatic hydroxyl groups excluding tert-OH is 1. The Morgan fingerprint density at radius 2 is 2.28 bits per heavy atom. The predicted molar refractivity (Wildman–Crippen MR) is 69.3 cm³/mol. The molecule has 0 heterocycles. The number of benzene rings is 1. The van der Waals surface area contributed by atoms with E-state index in [-0.39, 0.29) is 0 Å². The first-order chi connectivity index (χ1) is 8.54. The van der Waals surface area contributed by atoms with Crippen LogP contribution in [0.3, 0.4) is 0 Å². The zero-order valence-corrected chi connectivity index (χ0v) is 10.8. The van der Waals surface area contributed by atoms with E-state index in [0.29, 0.717) is 25.3 Å². The third-order valence-electron chi connectivity index (χ3n) is 2.68. The highest BCUT2D eigenvalue weighted by Gasteiger charge is 2.06. The molecule has 100 valence electrons. The van der Waals surface area contributed by atoms with Crippen molar-refractivity contribution in [2.75, 3.05) is 20.3 Å². The fourth-order valence-corrected chi connectivity index (χ4v) is 1.67. The number of primary amides is 1. The zero-order valence-electron chi connectivity index (χ0n) is 10.8. The van der Waals surface area contributed by atoms with Gasteiger partial charge in [0.05, 0.1) is 12.7 Å². The lowest BCUT2D eigenvalue weighted by atomic mass is 10.0. The molecule has 1 atom stereocenters. The lowest BCUT2D eigenvalue weighted by Gasteiger charge is -2.12. The quantitative estimate of drug-likeness (QED) is 0.647. The van der Waals surface area contributed by atoms with Gasteiger partial charge in [-0.1, -0.05) is 6.07 Å². The zero-order chi connectivity index (χ0) is 13.5. The Morgan fingerprint density at radius 3 is 2.83 bits per heavy atom. The number of nitrogens with one attached hydrogen (secondary N) is 1. The number of methoxy groups -OCH3 is 1. The molecule has 0 radical (unpaired) electrons. The minimum Gasteiger partial charge on any atom is -0.389 e. The lowest BCUT2D eigenvalue weighted by molar-refractivity contribution is 0.0644. The van der Waals surface area contributed by atoms with Crippen LogP contribution in [-0.2, 0) is 11.3 Å². The Kier molecular flexibility index (Phi) is 5.77. The number of aryl methyl sites for hydroxylation is 1. The molecule has 0 aliphatic carbocycles. The molecule has 0 aliphatic heterocycles. The first-order valence-corrected chi connectivity index (χ1v) is 5.81. The van der Waals surface area contributed by atoms with Gasteiger partial charge in [0, 0.05) is 25.8 Å². The largest absolute Gasteiger partial charge is 0.389 e. The van der Waals surface area contributed by atoms with Gasteiger partial charge in [0.2, 0.25) is 5.91 Å². The molecule has 1 amide bonds. The molecule has 0 saturated carbocycles. The fourth-order valence-electron chi connectivity index (χ4n) is 1.67. The third kappa shape index (κ3) is 4.44. The monoisotopic (exact) mass is 252 g/mol. The molecular weight excluding hydrogens is 232 g/mol. The van der Waals surface area contributed by atoms with Gasteiger partial charge in [-0.3, -0.25) is 4.79 Å². The summed E-state index contributed by atoms with van der Waals surface area (Å²) in [7, 11) is 1.55. The van der Waals surface area contributed by atoms with Crippen LogP contribution < -0.4 is 11.1 Å².